The van der Waals surface area contributed by atoms with E-state index < -0.39 is 10.7 Å². The van der Waals surface area contributed by atoms with E-state index in [0.29, 0.717) is 15.8 Å². The average molecular weight is 356 g/mol. The van der Waals surface area contributed by atoms with E-state index in [0.717, 1.165) is 18.2 Å². The standard InChI is InChI=1S/C14H11BrFNO4/c15-12-3-1-2-9(7-18)14(12)21-8-10-6-11(16)4-5-13(10)17(19)20/h1-6,18H,7-8H2. The second-order valence-corrected chi connectivity index (χ2v) is 5.06. The predicted molar refractivity (Wildman–Crippen MR) is 77.5 cm³/mol. The highest BCUT2D eigenvalue weighted by molar-refractivity contribution is 9.10. The van der Waals surface area contributed by atoms with Crippen LogP contribution in [0, 0.1) is 15.9 Å². The van der Waals surface area contributed by atoms with Crippen LogP contribution < -0.4 is 4.74 Å². The van der Waals surface area contributed by atoms with Crippen LogP contribution in [-0.4, -0.2) is 10.0 Å². The molecular weight excluding hydrogens is 345 g/mol. The summed E-state index contributed by atoms with van der Waals surface area (Å²) >= 11 is 3.28. The monoisotopic (exact) mass is 355 g/mol. The Morgan fingerprint density at radius 1 is 1.29 bits per heavy atom. The minimum absolute atomic E-state index is 0.125. The molecule has 5 nitrogen and oxygen atoms in total. The first-order valence-corrected chi connectivity index (χ1v) is 6.76. The third-order valence-corrected chi connectivity index (χ3v) is 3.45. The number of benzene rings is 2. The number of ether oxygens (including phenoxy) is 1. The smallest absolute Gasteiger partial charge is 0.276 e. The van der Waals surface area contributed by atoms with Gasteiger partial charge in [-0.25, -0.2) is 4.39 Å². The number of hydrogen-bond donors (Lipinski definition) is 1. The molecule has 0 amide bonds. The van der Waals surface area contributed by atoms with Gasteiger partial charge >= 0.3 is 0 Å². The van der Waals surface area contributed by atoms with Gasteiger partial charge in [0.05, 0.1) is 21.6 Å². The molecular formula is C14H11BrFNO4. The van der Waals surface area contributed by atoms with Crippen molar-refractivity contribution in [1.82, 2.24) is 0 Å². The Labute approximate surface area is 128 Å². The van der Waals surface area contributed by atoms with E-state index in [1.165, 1.54) is 0 Å². The molecule has 0 spiro atoms. The van der Waals surface area contributed by atoms with Crippen molar-refractivity contribution in [2.24, 2.45) is 0 Å². The number of nitrogens with zero attached hydrogens (tertiary/aromatic N) is 1. The van der Waals surface area contributed by atoms with E-state index in [9.17, 15) is 19.6 Å². The summed E-state index contributed by atoms with van der Waals surface area (Å²) in [6.45, 7) is -0.413. The Balaban J connectivity index is 2.28. The van der Waals surface area contributed by atoms with Gasteiger partial charge in [-0.05, 0) is 34.1 Å². The average Bonchev–Trinajstić information content (AvgIpc) is 2.45. The van der Waals surface area contributed by atoms with Crippen LogP contribution in [0.4, 0.5) is 10.1 Å². The molecule has 21 heavy (non-hydrogen) atoms. The summed E-state index contributed by atoms with van der Waals surface area (Å²) in [6, 6.07) is 8.30. The summed E-state index contributed by atoms with van der Waals surface area (Å²) in [7, 11) is 0. The Bertz CT molecular complexity index is 678. The van der Waals surface area contributed by atoms with Gasteiger partial charge in [-0.1, -0.05) is 12.1 Å². The molecule has 0 fully saturated rings. The summed E-state index contributed by atoms with van der Waals surface area (Å²) in [5.41, 5.74) is 0.442. The van der Waals surface area contributed by atoms with E-state index in [1.807, 2.05) is 0 Å². The molecule has 0 heterocycles. The lowest BCUT2D eigenvalue weighted by molar-refractivity contribution is -0.385. The highest BCUT2D eigenvalue weighted by Gasteiger charge is 2.16. The number of nitro groups is 1. The van der Waals surface area contributed by atoms with Gasteiger partial charge in [0.2, 0.25) is 0 Å². The zero-order valence-electron chi connectivity index (χ0n) is 10.8. The van der Waals surface area contributed by atoms with Gasteiger partial charge in [-0.3, -0.25) is 10.1 Å². The van der Waals surface area contributed by atoms with Crippen molar-refractivity contribution in [1.29, 1.82) is 0 Å². The van der Waals surface area contributed by atoms with Gasteiger partial charge in [0.25, 0.3) is 5.69 Å². The first-order valence-electron chi connectivity index (χ1n) is 5.96. The van der Waals surface area contributed by atoms with Crippen molar-refractivity contribution in [2.75, 3.05) is 0 Å². The molecule has 110 valence electrons. The number of para-hydroxylation sites is 1. The molecule has 2 aromatic carbocycles. The van der Waals surface area contributed by atoms with Crippen molar-refractivity contribution >= 4 is 21.6 Å². The molecule has 0 atom stereocenters. The lowest BCUT2D eigenvalue weighted by atomic mass is 10.2. The highest BCUT2D eigenvalue weighted by atomic mass is 79.9. The van der Waals surface area contributed by atoms with E-state index in [2.05, 4.69) is 15.9 Å². The van der Waals surface area contributed by atoms with Crippen molar-refractivity contribution in [3.63, 3.8) is 0 Å². The number of rotatable bonds is 5. The first-order chi connectivity index (χ1) is 10.0. The fraction of sp³-hybridized carbons (Fsp3) is 0.143. The first kappa shape index (κ1) is 15.4. The van der Waals surface area contributed by atoms with E-state index in [-0.39, 0.29) is 24.5 Å². The van der Waals surface area contributed by atoms with Gasteiger partial charge in [-0.15, -0.1) is 0 Å². The minimum atomic E-state index is -0.592. The summed E-state index contributed by atoms with van der Waals surface area (Å²) < 4.78 is 19.4. The van der Waals surface area contributed by atoms with Crippen LogP contribution in [0.3, 0.4) is 0 Å². The van der Waals surface area contributed by atoms with Gasteiger partial charge in [-0.2, -0.15) is 0 Å². The Morgan fingerprint density at radius 3 is 2.71 bits per heavy atom. The van der Waals surface area contributed by atoms with Crippen LogP contribution in [0.15, 0.2) is 40.9 Å². The van der Waals surface area contributed by atoms with Gasteiger partial charge in [0, 0.05) is 11.6 Å². The van der Waals surface area contributed by atoms with Crippen LogP contribution in [0.1, 0.15) is 11.1 Å². The molecule has 0 aliphatic rings. The zero-order valence-corrected chi connectivity index (χ0v) is 12.3. The second kappa shape index (κ2) is 6.64. The van der Waals surface area contributed by atoms with E-state index in [4.69, 9.17) is 4.74 Å². The third-order valence-electron chi connectivity index (χ3n) is 2.83. The second-order valence-electron chi connectivity index (χ2n) is 4.21. The number of hydrogen-bond acceptors (Lipinski definition) is 4. The maximum Gasteiger partial charge on any atom is 0.276 e. The Morgan fingerprint density at radius 2 is 2.05 bits per heavy atom. The van der Waals surface area contributed by atoms with Gasteiger partial charge in [0.15, 0.2) is 0 Å². The summed E-state index contributed by atoms with van der Waals surface area (Å²) in [5, 5.41) is 20.2. The molecule has 0 aliphatic heterocycles. The SMILES string of the molecule is O=[N+]([O-])c1ccc(F)cc1COc1c(Br)cccc1CO. The molecule has 0 unspecified atom stereocenters. The van der Waals surface area contributed by atoms with Crippen LogP contribution >= 0.6 is 15.9 Å². The Hall–Kier alpha value is -1.99. The normalized spacial score (nSPS) is 10.4. The van der Waals surface area contributed by atoms with E-state index >= 15 is 0 Å². The number of halogens is 2. The molecule has 1 N–H and O–H groups in total. The summed E-state index contributed by atoms with van der Waals surface area (Å²) in [5.74, 6) is -0.202. The molecule has 0 bridgehead atoms. The molecule has 0 aliphatic carbocycles. The number of aliphatic hydroxyl groups excluding tert-OH is 1. The zero-order chi connectivity index (χ0) is 15.4. The molecule has 0 aromatic heterocycles. The number of aliphatic hydroxyl groups is 1. The van der Waals surface area contributed by atoms with Crippen LogP contribution in [-0.2, 0) is 13.2 Å². The maximum absolute atomic E-state index is 13.2. The molecule has 7 heteroatoms. The molecule has 0 saturated carbocycles. The van der Waals surface area contributed by atoms with Crippen LogP contribution in [0.25, 0.3) is 0 Å². The fourth-order valence-corrected chi connectivity index (χ4v) is 2.36. The molecule has 2 aromatic rings. The van der Waals surface area contributed by atoms with Crippen molar-refractivity contribution in [3.05, 3.63) is 67.9 Å². The topological polar surface area (TPSA) is 72.6 Å². The molecule has 0 radical (unpaired) electrons. The van der Waals surface area contributed by atoms with Crippen molar-refractivity contribution < 1.29 is 19.2 Å². The van der Waals surface area contributed by atoms with Crippen molar-refractivity contribution in [3.8, 4) is 5.75 Å². The fourth-order valence-electron chi connectivity index (χ4n) is 1.84. The molecule has 2 rings (SSSR count). The van der Waals surface area contributed by atoms with Crippen LogP contribution in [0.2, 0.25) is 0 Å². The quantitative estimate of drug-likeness (QED) is 0.657. The van der Waals surface area contributed by atoms with Gasteiger partial charge in [0.1, 0.15) is 18.2 Å². The largest absolute Gasteiger partial charge is 0.487 e. The molecule has 0 saturated heterocycles. The lowest BCUT2D eigenvalue weighted by Crippen LogP contribution is -2.03. The minimum Gasteiger partial charge on any atom is -0.487 e. The summed E-state index contributed by atoms with van der Waals surface area (Å²) in [4.78, 5) is 10.3. The van der Waals surface area contributed by atoms with Gasteiger partial charge < -0.3 is 9.84 Å². The highest BCUT2D eigenvalue weighted by Crippen LogP contribution is 2.31. The lowest BCUT2D eigenvalue weighted by Gasteiger charge is -2.12. The predicted octanol–water partition coefficient (Wildman–Crippen LogP) is 3.57. The third kappa shape index (κ3) is 3.56. The van der Waals surface area contributed by atoms with E-state index in [1.54, 1.807) is 18.2 Å². The van der Waals surface area contributed by atoms with Crippen LogP contribution in [0.5, 0.6) is 5.75 Å². The van der Waals surface area contributed by atoms with Crippen molar-refractivity contribution in [2.45, 2.75) is 13.2 Å². The number of nitro benzene ring substituents is 1. The maximum atomic E-state index is 13.2. The summed E-state index contributed by atoms with van der Waals surface area (Å²) in [6.07, 6.45) is 0. The Kier molecular flexibility index (Phi) is 4.87.